The summed E-state index contributed by atoms with van der Waals surface area (Å²) >= 11 is 0. The summed E-state index contributed by atoms with van der Waals surface area (Å²) in [7, 11) is 0. The molecule has 0 saturated heterocycles. The maximum Gasteiger partial charge on any atom is 0.251 e. The van der Waals surface area contributed by atoms with Gasteiger partial charge in [-0.05, 0) is 48.6 Å². The summed E-state index contributed by atoms with van der Waals surface area (Å²) in [6, 6.07) is 14.5. The maximum atomic E-state index is 12.3. The van der Waals surface area contributed by atoms with Gasteiger partial charge >= 0.3 is 0 Å². The zero-order valence-electron chi connectivity index (χ0n) is 11.5. The molecule has 3 heteroatoms. The minimum absolute atomic E-state index is 0.0243. The van der Waals surface area contributed by atoms with Gasteiger partial charge in [0.25, 0.3) is 5.91 Å². The first-order valence-corrected chi connectivity index (χ1v) is 7.27. The Balaban J connectivity index is 1.72. The Morgan fingerprint density at radius 1 is 1.00 bits per heavy atom. The monoisotopic (exact) mass is 268 g/mol. The zero-order valence-corrected chi connectivity index (χ0v) is 11.5. The Morgan fingerprint density at radius 2 is 1.70 bits per heavy atom. The fourth-order valence-corrected chi connectivity index (χ4v) is 2.86. The van der Waals surface area contributed by atoms with Crippen LogP contribution in [-0.4, -0.2) is 18.0 Å². The van der Waals surface area contributed by atoms with Crippen molar-refractivity contribution >= 4 is 16.7 Å². The van der Waals surface area contributed by atoms with Gasteiger partial charge in [0.05, 0.1) is 0 Å². The molecule has 104 valence electrons. The van der Waals surface area contributed by atoms with E-state index in [2.05, 4.69) is 11.4 Å². The third-order valence-electron chi connectivity index (χ3n) is 4.12. The molecule has 2 aromatic rings. The molecule has 1 saturated carbocycles. The van der Waals surface area contributed by atoms with E-state index in [1.165, 1.54) is 0 Å². The maximum absolute atomic E-state index is 12.3. The Morgan fingerprint density at radius 3 is 2.45 bits per heavy atom. The molecule has 0 aromatic heterocycles. The predicted molar refractivity (Wildman–Crippen MR) is 81.6 cm³/mol. The largest absolute Gasteiger partial charge is 0.349 e. The summed E-state index contributed by atoms with van der Waals surface area (Å²) in [6.07, 6.45) is 3.98. The quantitative estimate of drug-likeness (QED) is 0.880. The lowest BCUT2D eigenvalue weighted by molar-refractivity contribution is 0.0926. The number of carbonyl (C=O) groups is 1. The lowest BCUT2D eigenvalue weighted by atomic mass is 9.91. The van der Waals surface area contributed by atoms with Gasteiger partial charge in [0.2, 0.25) is 0 Å². The first-order chi connectivity index (χ1) is 9.72. The molecule has 3 rings (SSSR count). The molecular weight excluding hydrogens is 248 g/mol. The molecule has 0 bridgehead atoms. The minimum Gasteiger partial charge on any atom is -0.349 e. The predicted octanol–water partition coefficient (Wildman–Crippen LogP) is 2.84. The molecule has 0 unspecified atom stereocenters. The summed E-state index contributed by atoms with van der Waals surface area (Å²) in [4.78, 5) is 12.3. The van der Waals surface area contributed by atoms with E-state index in [9.17, 15) is 4.79 Å². The third-order valence-corrected chi connectivity index (χ3v) is 4.12. The number of hydrogen-bond acceptors (Lipinski definition) is 2. The average molecular weight is 268 g/mol. The molecule has 0 aliphatic heterocycles. The van der Waals surface area contributed by atoms with E-state index in [4.69, 9.17) is 5.73 Å². The first-order valence-electron chi connectivity index (χ1n) is 7.27. The average Bonchev–Trinajstić information content (AvgIpc) is 2.49. The molecule has 1 aliphatic rings. The summed E-state index contributed by atoms with van der Waals surface area (Å²) in [5, 5.41) is 5.39. The summed E-state index contributed by atoms with van der Waals surface area (Å²) < 4.78 is 0. The fraction of sp³-hybridized carbons (Fsp3) is 0.353. The highest BCUT2D eigenvalue weighted by Gasteiger charge is 2.20. The van der Waals surface area contributed by atoms with Gasteiger partial charge in [-0.3, -0.25) is 4.79 Å². The van der Waals surface area contributed by atoms with Gasteiger partial charge in [-0.15, -0.1) is 0 Å². The molecule has 1 aliphatic carbocycles. The van der Waals surface area contributed by atoms with Crippen LogP contribution >= 0.6 is 0 Å². The molecule has 3 nitrogen and oxygen atoms in total. The van der Waals surface area contributed by atoms with Crippen molar-refractivity contribution in [2.24, 2.45) is 5.73 Å². The third kappa shape index (κ3) is 2.83. The molecule has 3 N–H and O–H groups in total. The van der Waals surface area contributed by atoms with Gasteiger partial charge in [-0.2, -0.15) is 0 Å². The molecule has 20 heavy (non-hydrogen) atoms. The number of nitrogens with one attached hydrogen (secondary N) is 1. The van der Waals surface area contributed by atoms with Crippen LogP contribution in [0, 0.1) is 0 Å². The second kappa shape index (κ2) is 5.63. The normalized spacial score (nSPS) is 22.6. The van der Waals surface area contributed by atoms with Gasteiger partial charge in [0.15, 0.2) is 0 Å². The van der Waals surface area contributed by atoms with Crippen molar-refractivity contribution < 1.29 is 4.79 Å². The molecule has 0 heterocycles. The summed E-state index contributed by atoms with van der Waals surface area (Å²) in [6.45, 7) is 0. The number of nitrogens with two attached hydrogens (primary N) is 1. The first kappa shape index (κ1) is 13.1. The smallest absolute Gasteiger partial charge is 0.251 e. The summed E-state index contributed by atoms with van der Waals surface area (Å²) in [5.41, 5.74) is 6.62. The van der Waals surface area contributed by atoms with E-state index in [1.807, 2.05) is 36.4 Å². The highest BCUT2D eigenvalue weighted by atomic mass is 16.1. The van der Waals surface area contributed by atoms with Gasteiger partial charge < -0.3 is 11.1 Å². The van der Waals surface area contributed by atoms with E-state index in [1.54, 1.807) is 0 Å². The SMILES string of the molecule is NC1CCC(NC(=O)c2ccc3ccccc3c2)CC1. The Labute approximate surface area is 119 Å². The second-order valence-electron chi connectivity index (χ2n) is 5.65. The van der Waals surface area contributed by atoms with Crippen LogP contribution in [0.1, 0.15) is 36.0 Å². The minimum atomic E-state index is 0.0243. The fourth-order valence-electron chi connectivity index (χ4n) is 2.86. The molecular formula is C17H20N2O. The standard InChI is InChI=1S/C17H20N2O/c18-15-7-9-16(10-8-15)19-17(20)14-6-5-12-3-1-2-4-13(12)11-14/h1-6,11,15-16H,7-10,18H2,(H,19,20). The van der Waals surface area contributed by atoms with Gasteiger partial charge in [-0.25, -0.2) is 0 Å². The Hall–Kier alpha value is -1.87. The number of amides is 1. The van der Waals surface area contributed by atoms with Crippen molar-refractivity contribution in [2.75, 3.05) is 0 Å². The zero-order chi connectivity index (χ0) is 13.9. The van der Waals surface area contributed by atoms with E-state index in [0.29, 0.717) is 6.04 Å². The van der Waals surface area contributed by atoms with Gasteiger partial charge in [0, 0.05) is 17.6 Å². The van der Waals surface area contributed by atoms with Gasteiger partial charge in [-0.1, -0.05) is 30.3 Å². The van der Waals surface area contributed by atoms with Crippen LogP contribution in [0.4, 0.5) is 0 Å². The van der Waals surface area contributed by atoms with Gasteiger partial charge in [0.1, 0.15) is 0 Å². The summed E-state index contributed by atoms with van der Waals surface area (Å²) in [5.74, 6) is 0.0243. The second-order valence-corrected chi connectivity index (χ2v) is 5.65. The van der Waals surface area contributed by atoms with Crippen molar-refractivity contribution in [3.63, 3.8) is 0 Å². The highest BCUT2D eigenvalue weighted by molar-refractivity contribution is 5.98. The van der Waals surface area contributed by atoms with Crippen LogP contribution in [0.3, 0.4) is 0 Å². The highest BCUT2D eigenvalue weighted by Crippen LogP contribution is 2.19. The number of hydrogen-bond donors (Lipinski definition) is 2. The molecule has 1 fully saturated rings. The van der Waals surface area contributed by atoms with Crippen molar-refractivity contribution in [3.05, 3.63) is 48.0 Å². The van der Waals surface area contributed by atoms with Crippen molar-refractivity contribution in [2.45, 2.75) is 37.8 Å². The number of rotatable bonds is 2. The van der Waals surface area contributed by atoms with E-state index in [-0.39, 0.29) is 11.9 Å². The van der Waals surface area contributed by atoms with E-state index in [0.717, 1.165) is 42.0 Å². The number of benzene rings is 2. The molecule has 0 atom stereocenters. The Bertz CT molecular complexity index is 615. The number of fused-ring (bicyclic) bond motifs is 1. The van der Waals surface area contributed by atoms with Crippen LogP contribution < -0.4 is 11.1 Å². The molecule has 0 spiro atoms. The van der Waals surface area contributed by atoms with Crippen molar-refractivity contribution in [1.29, 1.82) is 0 Å². The van der Waals surface area contributed by atoms with Crippen LogP contribution in [0.5, 0.6) is 0 Å². The number of carbonyl (C=O) groups excluding carboxylic acids is 1. The van der Waals surface area contributed by atoms with Crippen LogP contribution in [-0.2, 0) is 0 Å². The van der Waals surface area contributed by atoms with Crippen molar-refractivity contribution in [3.8, 4) is 0 Å². The lowest BCUT2D eigenvalue weighted by Crippen LogP contribution is -2.40. The van der Waals surface area contributed by atoms with E-state index < -0.39 is 0 Å². The lowest BCUT2D eigenvalue weighted by Gasteiger charge is -2.26. The van der Waals surface area contributed by atoms with Crippen molar-refractivity contribution in [1.82, 2.24) is 5.32 Å². The van der Waals surface area contributed by atoms with Crippen LogP contribution in [0.2, 0.25) is 0 Å². The van der Waals surface area contributed by atoms with E-state index >= 15 is 0 Å². The van der Waals surface area contributed by atoms with Crippen LogP contribution in [0.15, 0.2) is 42.5 Å². The topological polar surface area (TPSA) is 55.1 Å². The molecule has 1 amide bonds. The molecule has 0 radical (unpaired) electrons. The Kier molecular flexibility index (Phi) is 3.70. The van der Waals surface area contributed by atoms with Crippen LogP contribution in [0.25, 0.3) is 10.8 Å². The molecule has 2 aromatic carbocycles.